The van der Waals surface area contributed by atoms with Gasteiger partial charge in [0.15, 0.2) is 0 Å². The van der Waals surface area contributed by atoms with Crippen LogP contribution in [0.5, 0.6) is 0 Å². The summed E-state index contributed by atoms with van der Waals surface area (Å²) in [7, 11) is 0. The predicted molar refractivity (Wildman–Crippen MR) is 75.2 cm³/mol. The highest BCUT2D eigenvalue weighted by atomic mass is 35.5. The number of nitrogens with zero attached hydrogens (tertiary/aromatic N) is 1. The molecule has 1 aromatic rings. The van der Waals surface area contributed by atoms with Gasteiger partial charge in [-0.25, -0.2) is 0 Å². The second-order valence-electron chi connectivity index (χ2n) is 5.03. The molecule has 3 N–H and O–H groups in total. The largest absolute Gasteiger partial charge is 0.328 e. The Morgan fingerprint density at radius 3 is 2.68 bits per heavy atom. The Hall–Kier alpha value is -1.17. The van der Waals surface area contributed by atoms with Gasteiger partial charge in [-0.3, -0.25) is 10.1 Å². The first-order valence-corrected chi connectivity index (χ1v) is 6.86. The van der Waals surface area contributed by atoms with E-state index >= 15 is 0 Å². The molecule has 0 amide bonds. The molecule has 5 nitrogen and oxygen atoms in total. The lowest BCUT2D eigenvalue weighted by Gasteiger charge is -2.27. The van der Waals surface area contributed by atoms with Gasteiger partial charge in [-0.15, -0.1) is 0 Å². The number of nitro groups is 1. The van der Waals surface area contributed by atoms with E-state index in [2.05, 4.69) is 5.32 Å². The fourth-order valence-corrected chi connectivity index (χ4v) is 2.57. The third-order valence-electron chi connectivity index (χ3n) is 3.59. The molecule has 2 rings (SSSR count). The molecule has 1 aromatic carbocycles. The van der Waals surface area contributed by atoms with E-state index in [0.717, 1.165) is 31.2 Å². The van der Waals surface area contributed by atoms with Crippen LogP contribution in [-0.4, -0.2) is 17.0 Å². The smallest absolute Gasteiger partial charge is 0.269 e. The van der Waals surface area contributed by atoms with Crippen LogP contribution in [0.25, 0.3) is 0 Å². The van der Waals surface area contributed by atoms with Crippen LogP contribution in [0.4, 0.5) is 5.69 Å². The monoisotopic (exact) mass is 283 g/mol. The van der Waals surface area contributed by atoms with E-state index < -0.39 is 4.92 Å². The maximum absolute atomic E-state index is 10.7. The lowest BCUT2D eigenvalue weighted by molar-refractivity contribution is -0.384. The minimum absolute atomic E-state index is 0.0758. The van der Waals surface area contributed by atoms with Gasteiger partial charge in [0, 0.05) is 35.8 Å². The van der Waals surface area contributed by atoms with Gasteiger partial charge in [-0.2, -0.15) is 0 Å². The van der Waals surface area contributed by atoms with Crippen LogP contribution in [0.2, 0.25) is 5.02 Å². The SMILES string of the molecule is NC1CCC(NCc2cc([N+](=O)[O-])ccc2Cl)CC1. The van der Waals surface area contributed by atoms with E-state index in [1.807, 2.05) is 0 Å². The van der Waals surface area contributed by atoms with Crippen LogP contribution in [0, 0.1) is 10.1 Å². The van der Waals surface area contributed by atoms with Crippen LogP contribution in [-0.2, 0) is 6.54 Å². The van der Waals surface area contributed by atoms with Crippen LogP contribution >= 0.6 is 11.6 Å². The average molecular weight is 284 g/mol. The van der Waals surface area contributed by atoms with Crippen molar-refractivity contribution in [1.29, 1.82) is 0 Å². The van der Waals surface area contributed by atoms with Crippen molar-refractivity contribution in [2.24, 2.45) is 5.73 Å². The zero-order chi connectivity index (χ0) is 13.8. The molecule has 1 saturated carbocycles. The van der Waals surface area contributed by atoms with Gasteiger partial charge >= 0.3 is 0 Å². The standard InChI is InChI=1S/C13H18ClN3O2/c14-13-6-5-12(17(18)19)7-9(13)8-16-11-3-1-10(15)2-4-11/h5-7,10-11,16H,1-4,8,15H2. The molecule has 6 heteroatoms. The van der Waals surface area contributed by atoms with Crippen molar-refractivity contribution < 1.29 is 4.92 Å². The summed E-state index contributed by atoms with van der Waals surface area (Å²) in [6, 6.07) is 5.28. The third kappa shape index (κ3) is 3.89. The van der Waals surface area contributed by atoms with Crippen molar-refractivity contribution in [1.82, 2.24) is 5.32 Å². The molecule has 0 atom stereocenters. The van der Waals surface area contributed by atoms with E-state index in [1.54, 1.807) is 6.07 Å². The van der Waals surface area contributed by atoms with Gasteiger partial charge in [0.1, 0.15) is 0 Å². The summed E-state index contributed by atoms with van der Waals surface area (Å²) in [5.74, 6) is 0. The minimum atomic E-state index is -0.403. The van der Waals surface area contributed by atoms with Crippen LogP contribution < -0.4 is 11.1 Å². The maximum atomic E-state index is 10.7. The van der Waals surface area contributed by atoms with Crippen LogP contribution in [0.15, 0.2) is 18.2 Å². The number of nitro benzene ring substituents is 1. The maximum Gasteiger partial charge on any atom is 0.269 e. The van der Waals surface area contributed by atoms with E-state index in [9.17, 15) is 10.1 Å². The normalized spacial score (nSPS) is 23.3. The third-order valence-corrected chi connectivity index (χ3v) is 3.96. The van der Waals surface area contributed by atoms with Crippen molar-refractivity contribution in [3.63, 3.8) is 0 Å². The average Bonchev–Trinajstić information content (AvgIpc) is 2.39. The predicted octanol–water partition coefficient (Wildman–Crippen LogP) is 2.61. The molecule has 1 aliphatic rings. The van der Waals surface area contributed by atoms with Crippen molar-refractivity contribution in [3.05, 3.63) is 38.9 Å². The summed E-state index contributed by atoms with van der Waals surface area (Å²) in [6.07, 6.45) is 4.15. The van der Waals surface area contributed by atoms with Gasteiger partial charge in [-0.05, 0) is 37.3 Å². The van der Waals surface area contributed by atoms with Gasteiger partial charge in [0.05, 0.1) is 4.92 Å². The summed E-state index contributed by atoms with van der Waals surface area (Å²) in [5, 5.41) is 14.7. The molecule has 0 unspecified atom stereocenters. The first kappa shape index (κ1) is 14.2. The van der Waals surface area contributed by atoms with Crippen LogP contribution in [0.1, 0.15) is 31.2 Å². The van der Waals surface area contributed by atoms with Gasteiger partial charge in [0.25, 0.3) is 5.69 Å². The number of halogens is 1. The first-order chi connectivity index (χ1) is 9.06. The molecule has 0 radical (unpaired) electrons. The molecule has 0 aromatic heterocycles. The number of benzene rings is 1. The Morgan fingerprint density at radius 1 is 1.37 bits per heavy atom. The summed E-state index contributed by atoms with van der Waals surface area (Å²) in [4.78, 5) is 10.3. The molecule has 1 fully saturated rings. The van der Waals surface area contributed by atoms with Crippen molar-refractivity contribution >= 4 is 17.3 Å². The highest BCUT2D eigenvalue weighted by molar-refractivity contribution is 6.31. The number of non-ortho nitro benzene ring substituents is 1. The molecular weight excluding hydrogens is 266 g/mol. The molecule has 0 heterocycles. The Labute approximate surface area is 117 Å². The van der Waals surface area contributed by atoms with E-state index in [1.165, 1.54) is 12.1 Å². The fraction of sp³-hybridized carbons (Fsp3) is 0.538. The Balaban J connectivity index is 1.95. The number of nitrogens with two attached hydrogens (primary N) is 1. The van der Waals surface area contributed by atoms with Crippen molar-refractivity contribution in [2.45, 2.75) is 44.3 Å². The van der Waals surface area contributed by atoms with Crippen LogP contribution in [0.3, 0.4) is 0 Å². The zero-order valence-electron chi connectivity index (χ0n) is 10.6. The summed E-state index contributed by atoms with van der Waals surface area (Å²) < 4.78 is 0. The number of nitrogens with one attached hydrogen (secondary N) is 1. The zero-order valence-corrected chi connectivity index (χ0v) is 11.4. The first-order valence-electron chi connectivity index (χ1n) is 6.48. The fourth-order valence-electron chi connectivity index (χ4n) is 2.39. The quantitative estimate of drug-likeness (QED) is 0.657. The van der Waals surface area contributed by atoms with Crippen molar-refractivity contribution in [3.8, 4) is 0 Å². The number of hydrogen-bond donors (Lipinski definition) is 2. The second-order valence-corrected chi connectivity index (χ2v) is 5.43. The van der Waals surface area contributed by atoms with E-state index in [-0.39, 0.29) is 5.69 Å². The highest BCUT2D eigenvalue weighted by Gasteiger charge is 2.18. The Morgan fingerprint density at radius 2 is 2.05 bits per heavy atom. The topological polar surface area (TPSA) is 81.2 Å². The van der Waals surface area contributed by atoms with E-state index in [4.69, 9.17) is 17.3 Å². The van der Waals surface area contributed by atoms with Gasteiger partial charge in [-0.1, -0.05) is 11.6 Å². The Kier molecular flexibility index (Phi) is 4.74. The summed E-state index contributed by atoms with van der Waals surface area (Å²) in [6.45, 7) is 0.556. The molecule has 1 aliphatic carbocycles. The summed E-state index contributed by atoms with van der Waals surface area (Å²) >= 11 is 6.06. The molecule has 104 valence electrons. The van der Waals surface area contributed by atoms with Gasteiger partial charge < -0.3 is 11.1 Å². The second kappa shape index (κ2) is 6.32. The Bertz CT molecular complexity index is 459. The molecule has 0 bridgehead atoms. The van der Waals surface area contributed by atoms with Gasteiger partial charge in [0.2, 0.25) is 0 Å². The molecule has 0 spiro atoms. The lowest BCUT2D eigenvalue weighted by Crippen LogP contribution is -2.37. The molecule has 19 heavy (non-hydrogen) atoms. The van der Waals surface area contributed by atoms with E-state index in [0.29, 0.717) is 23.7 Å². The number of rotatable bonds is 4. The molecule has 0 aliphatic heterocycles. The molecule has 0 saturated heterocycles. The van der Waals surface area contributed by atoms with Crippen molar-refractivity contribution in [2.75, 3.05) is 0 Å². The molecular formula is C13H18ClN3O2. The summed E-state index contributed by atoms with van der Waals surface area (Å²) in [5.41, 5.74) is 6.70. The highest BCUT2D eigenvalue weighted by Crippen LogP contribution is 2.23. The minimum Gasteiger partial charge on any atom is -0.328 e. The lowest BCUT2D eigenvalue weighted by atomic mass is 9.92. The number of hydrogen-bond acceptors (Lipinski definition) is 4.